The molecule has 3 nitrogen and oxygen atoms in total. The third kappa shape index (κ3) is 3.93. The number of carbonyl (C=O) groups is 1. The lowest BCUT2D eigenvalue weighted by Crippen LogP contribution is -2.38. The molecule has 1 atom stereocenters. The van der Waals surface area contributed by atoms with Crippen molar-refractivity contribution in [2.24, 2.45) is 0 Å². The van der Waals surface area contributed by atoms with Gasteiger partial charge in [0.05, 0.1) is 0 Å². The summed E-state index contributed by atoms with van der Waals surface area (Å²) in [6, 6.07) is 7.55. The van der Waals surface area contributed by atoms with Gasteiger partial charge in [-0.2, -0.15) is 0 Å². The van der Waals surface area contributed by atoms with Crippen molar-refractivity contribution >= 4 is 23.3 Å². The van der Waals surface area contributed by atoms with E-state index in [2.05, 4.69) is 0 Å². The molecular weight excluding hydrogens is 238 g/mol. The summed E-state index contributed by atoms with van der Waals surface area (Å²) in [6.07, 6.45) is 0.496. The first kappa shape index (κ1) is 13.8. The molecule has 0 aliphatic heterocycles. The number of ether oxygens (including phenoxy) is 1. The van der Waals surface area contributed by atoms with Gasteiger partial charge in [0.25, 0.3) is 0 Å². The van der Waals surface area contributed by atoms with Gasteiger partial charge in [-0.25, -0.2) is 0 Å². The second kappa shape index (κ2) is 6.50. The molecule has 1 unspecified atom stereocenters. The third-order valence-corrected chi connectivity index (χ3v) is 2.71. The highest BCUT2D eigenvalue weighted by Gasteiger charge is 2.18. The standard InChI is InChI=1S/C13H18ClNO2/c1-4-13(17-10(3)16)15(5-2)12-8-6-7-11(14)9-12/h6-9,13H,4-5H2,1-3H3. The molecule has 0 amide bonds. The summed E-state index contributed by atoms with van der Waals surface area (Å²) in [5, 5.41) is 0.679. The van der Waals surface area contributed by atoms with E-state index in [0.717, 1.165) is 18.7 Å². The van der Waals surface area contributed by atoms with Crippen LogP contribution in [0.15, 0.2) is 24.3 Å². The van der Waals surface area contributed by atoms with Crippen molar-refractivity contribution in [3.63, 3.8) is 0 Å². The van der Waals surface area contributed by atoms with Crippen molar-refractivity contribution in [2.45, 2.75) is 33.4 Å². The Bertz CT molecular complexity index is 381. The zero-order valence-electron chi connectivity index (χ0n) is 10.4. The number of hydrogen-bond donors (Lipinski definition) is 0. The number of hydrogen-bond acceptors (Lipinski definition) is 3. The number of carbonyl (C=O) groups excluding carboxylic acids is 1. The minimum absolute atomic E-state index is 0.240. The molecular formula is C13H18ClNO2. The molecule has 1 aromatic rings. The number of anilines is 1. The van der Waals surface area contributed by atoms with Crippen molar-refractivity contribution in [1.82, 2.24) is 0 Å². The van der Waals surface area contributed by atoms with E-state index in [4.69, 9.17) is 16.3 Å². The fraction of sp³-hybridized carbons (Fsp3) is 0.462. The van der Waals surface area contributed by atoms with Crippen molar-refractivity contribution in [3.8, 4) is 0 Å². The quantitative estimate of drug-likeness (QED) is 0.596. The van der Waals surface area contributed by atoms with Crippen LogP contribution in [0.2, 0.25) is 5.02 Å². The molecule has 0 heterocycles. The molecule has 1 rings (SSSR count). The van der Waals surface area contributed by atoms with Gasteiger partial charge in [-0.15, -0.1) is 0 Å². The molecule has 0 radical (unpaired) electrons. The van der Waals surface area contributed by atoms with Crippen LogP contribution >= 0.6 is 11.6 Å². The topological polar surface area (TPSA) is 29.5 Å². The molecule has 0 N–H and O–H groups in total. The minimum Gasteiger partial charge on any atom is -0.442 e. The largest absolute Gasteiger partial charge is 0.442 e. The highest BCUT2D eigenvalue weighted by molar-refractivity contribution is 6.30. The molecule has 94 valence electrons. The summed E-state index contributed by atoms with van der Waals surface area (Å²) in [7, 11) is 0. The van der Waals surface area contributed by atoms with E-state index < -0.39 is 0 Å². The van der Waals surface area contributed by atoms with Gasteiger partial charge >= 0.3 is 5.97 Å². The lowest BCUT2D eigenvalue weighted by Gasteiger charge is -2.31. The van der Waals surface area contributed by atoms with E-state index in [1.54, 1.807) is 0 Å². The fourth-order valence-electron chi connectivity index (χ4n) is 1.77. The summed E-state index contributed by atoms with van der Waals surface area (Å²) >= 11 is 5.97. The average molecular weight is 256 g/mol. The summed E-state index contributed by atoms with van der Waals surface area (Å²) < 4.78 is 5.29. The number of benzene rings is 1. The molecule has 0 fully saturated rings. The lowest BCUT2D eigenvalue weighted by atomic mass is 10.2. The van der Waals surface area contributed by atoms with Crippen LogP contribution in [0, 0.1) is 0 Å². The molecule has 0 saturated carbocycles. The van der Waals surface area contributed by atoms with Gasteiger partial charge in [0.1, 0.15) is 0 Å². The van der Waals surface area contributed by atoms with Gasteiger partial charge in [0, 0.05) is 30.6 Å². The van der Waals surface area contributed by atoms with Crippen LogP contribution in [-0.4, -0.2) is 18.7 Å². The van der Waals surface area contributed by atoms with E-state index in [-0.39, 0.29) is 12.2 Å². The van der Waals surface area contributed by atoms with Crippen LogP contribution in [0.3, 0.4) is 0 Å². The predicted molar refractivity (Wildman–Crippen MR) is 70.3 cm³/mol. The predicted octanol–water partition coefficient (Wildman–Crippen LogP) is 3.47. The van der Waals surface area contributed by atoms with Crippen LogP contribution in [0.5, 0.6) is 0 Å². The van der Waals surface area contributed by atoms with Crippen LogP contribution in [0.4, 0.5) is 5.69 Å². The maximum Gasteiger partial charge on any atom is 0.304 e. The Morgan fingerprint density at radius 3 is 2.65 bits per heavy atom. The van der Waals surface area contributed by atoms with Crippen molar-refractivity contribution in [1.29, 1.82) is 0 Å². The summed E-state index contributed by atoms with van der Waals surface area (Å²) in [6.45, 7) is 6.19. The van der Waals surface area contributed by atoms with Crippen molar-refractivity contribution in [3.05, 3.63) is 29.3 Å². The monoisotopic (exact) mass is 255 g/mol. The average Bonchev–Trinajstić information content (AvgIpc) is 2.28. The van der Waals surface area contributed by atoms with E-state index in [1.807, 2.05) is 43.0 Å². The van der Waals surface area contributed by atoms with Crippen LogP contribution in [0.1, 0.15) is 27.2 Å². The zero-order chi connectivity index (χ0) is 12.8. The van der Waals surface area contributed by atoms with Gasteiger partial charge in [-0.05, 0) is 25.1 Å². The van der Waals surface area contributed by atoms with Crippen LogP contribution < -0.4 is 4.90 Å². The summed E-state index contributed by atoms with van der Waals surface area (Å²) in [5.41, 5.74) is 0.966. The van der Waals surface area contributed by atoms with Gasteiger partial charge in [-0.3, -0.25) is 4.79 Å². The Hall–Kier alpha value is -1.22. The fourth-order valence-corrected chi connectivity index (χ4v) is 1.95. The number of nitrogens with zero attached hydrogens (tertiary/aromatic N) is 1. The van der Waals surface area contributed by atoms with E-state index in [0.29, 0.717) is 5.02 Å². The molecule has 0 aliphatic carbocycles. The summed E-state index contributed by atoms with van der Waals surface area (Å²) in [5.74, 6) is -0.266. The second-order valence-corrected chi connectivity index (χ2v) is 4.17. The molecule has 0 spiro atoms. The first-order chi connectivity index (χ1) is 8.08. The molecule has 4 heteroatoms. The van der Waals surface area contributed by atoms with Gasteiger partial charge in [0.2, 0.25) is 0 Å². The molecule has 0 saturated heterocycles. The maximum absolute atomic E-state index is 11.1. The SMILES string of the molecule is CCC(OC(C)=O)N(CC)c1cccc(Cl)c1. The molecule has 17 heavy (non-hydrogen) atoms. The number of rotatable bonds is 5. The Morgan fingerprint density at radius 1 is 1.47 bits per heavy atom. The Labute approximate surface area is 107 Å². The summed E-state index contributed by atoms with van der Waals surface area (Å²) in [4.78, 5) is 13.1. The smallest absolute Gasteiger partial charge is 0.304 e. The van der Waals surface area contributed by atoms with Crippen LogP contribution in [0.25, 0.3) is 0 Å². The maximum atomic E-state index is 11.1. The molecule has 1 aromatic carbocycles. The number of halogens is 1. The zero-order valence-corrected chi connectivity index (χ0v) is 11.2. The minimum atomic E-state index is -0.266. The van der Waals surface area contributed by atoms with Crippen molar-refractivity contribution < 1.29 is 9.53 Å². The number of esters is 1. The highest BCUT2D eigenvalue weighted by atomic mass is 35.5. The normalized spacial score (nSPS) is 12.0. The van der Waals surface area contributed by atoms with E-state index in [9.17, 15) is 4.79 Å². The Kier molecular flexibility index (Phi) is 5.29. The molecule has 0 aromatic heterocycles. The third-order valence-electron chi connectivity index (χ3n) is 2.48. The van der Waals surface area contributed by atoms with Gasteiger partial charge in [0.15, 0.2) is 6.23 Å². The first-order valence-electron chi connectivity index (χ1n) is 5.77. The molecule has 0 aliphatic rings. The Morgan fingerprint density at radius 2 is 2.18 bits per heavy atom. The second-order valence-electron chi connectivity index (χ2n) is 3.74. The van der Waals surface area contributed by atoms with Gasteiger partial charge < -0.3 is 9.64 Å². The van der Waals surface area contributed by atoms with E-state index >= 15 is 0 Å². The van der Waals surface area contributed by atoms with Crippen LogP contribution in [-0.2, 0) is 9.53 Å². The van der Waals surface area contributed by atoms with Crippen molar-refractivity contribution in [2.75, 3.05) is 11.4 Å². The Balaban J connectivity index is 2.92. The highest BCUT2D eigenvalue weighted by Crippen LogP contribution is 2.22. The molecule has 0 bridgehead atoms. The lowest BCUT2D eigenvalue weighted by molar-refractivity contribution is -0.146. The van der Waals surface area contributed by atoms with E-state index in [1.165, 1.54) is 6.92 Å². The first-order valence-corrected chi connectivity index (χ1v) is 6.15. The van der Waals surface area contributed by atoms with Gasteiger partial charge in [-0.1, -0.05) is 24.6 Å².